The minimum absolute atomic E-state index is 0.0281. The predicted molar refractivity (Wildman–Crippen MR) is 158 cm³/mol. The van der Waals surface area contributed by atoms with Gasteiger partial charge in [0.2, 0.25) is 0 Å². The van der Waals surface area contributed by atoms with Gasteiger partial charge in [-0.15, -0.1) is 0 Å². The van der Waals surface area contributed by atoms with Gasteiger partial charge >= 0.3 is 6.09 Å². The second kappa shape index (κ2) is 12.6. The molecule has 2 saturated heterocycles. The number of aromatic nitrogens is 1. The molecule has 1 unspecified atom stereocenters. The van der Waals surface area contributed by atoms with Crippen LogP contribution in [0, 0.1) is 5.82 Å². The number of benzene rings is 1. The van der Waals surface area contributed by atoms with Crippen molar-refractivity contribution in [2.45, 2.75) is 83.5 Å². The molecule has 4 rings (SSSR count). The molecule has 2 aliphatic heterocycles. The van der Waals surface area contributed by atoms with Crippen LogP contribution in [0.3, 0.4) is 0 Å². The van der Waals surface area contributed by atoms with Gasteiger partial charge in [0.05, 0.1) is 28.4 Å². The number of halogens is 3. The Morgan fingerprint density at radius 2 is 1.77 bits per heavy atom. The van der Waals surface area contributed by atoms with Gasteiger partial charge in [0, 0.05) is 37.0 Å². The standard InChI is InChI=1S/C31H42F3N5O4/c1-19(21-8-7-9-22(26(21)32)27(33)34)35-28(41)23-17-39(25(40)16-24(23)36-20-10-13-37(6)14-11-20)31(5)12-15-38(18-31)29(42)43-30(2,3)4/h7-9,16-17,19-20,27,36H,10-15,18H2,1-6H3,(H,35,41)/t19-,31?/m1/s1. The molecule has 2 atom stereocenters. The molecule has 0 radical (unpaired) electrons. The molecule has 1 aromatic heterocycles. The summed E-state index contributed by atoms with van der Waals surface area (Å²) >= 11 is 0. The summed E-state index contributed by atoms with van der Waals surface area (Å²) < 4.78 is 48.5. The number of carbonyl (C=O) groups is 2. The lowest BCUT2D eigenvalue weighted by molar-refractivity contribution is 0.0276. The maximum absolute atomic E-state index is 14.9. The minimum Gasteiger partial charge on any atom is -0.444 e. The van der Waals surface area contributed by atoms with Crippen molar-refractivity contribution in [2.24, 2.45) is 0 Å². The fraction of sp³-hybridized carbons (Fsp3) is 0.581. The van der Waals surface area contributed by atoms with Gasteiger partial charge in [-0.1, -0.05) is 18.2 Å². The van der Waals surface area contributed by atoms with Crippen molar-refractivity contribution >= 4 is 17.7 Å². The quantitative estimate of drug-likeness (QED) is 0.446. The number of likely N-dealkylation sites (tertiary alicyclic amines) is 2. The lowest BCUT2D eigenvalue weighted by Crippen LogP contribution is -2.44. The van der Waals surface area contributed by atoms with Crippen LogP contribution in [0.4, 0.5) is 23.7 Å². The summed E-state index contributed by atoms with van der Waals surface area (Å²) in [7, 11) is 2.03. The van der Waals surface area contributed by atoms with E-state index < -0.39 is 47.0 Å². The average molecular weight is 606 g/mol. The number of hydrogen-bond donors (Lipinski definition) is 2. The number of hydrogen-bond acceptors (Lipinski definition) is 6. The van der Waals surface area contributed by atoms with E-state index in [9.17, 15) is 27.6 Å². The number of rotatable bonds is 7. The zero-order valence-electron chi connectivity index (χ0n) is 25.7. The number of piperidine rings is 1. The molecule has 2 fully saturated rings. The van der Waals surface area contributed by atoms with Crippen molar-refractivity contribution < 1.29 is 27.5 Å². The van der Waals surface area contributed by atoms with E-state index >= 15 is 0 Å². The van der Waals surface area contributed by atoms with Crippen LogP contribution in [0.1, 0.15) is 87.8 Å². The molecule has 0 bridgehead atoms. The van der Waals surface area contributed by atoms with Crippen LogP contribution in [-0.4, -0.2) is 71.2 Å². The third-order valence-electron chi connectivity index (χ3n) is 8.17. The Labute approximate surface area is 250 Å². The van der Waals surface area contributed by atoms with Crippen molar-refractivity contribution in [2.75, 3.05) is 38.5 Å². The summed E-state index contributed by atoms with van der Waals surface area (Å²) in [6.07, 6.45) is 0.0773. The molecule has 236 valence electrons. The van der Waals surface area contributed by atoms with Crippen LogP contribution in [-0.2, 0) is 10.3 Å². The molecule has 2 N–H and O–H groups in total. The Balaban J connectivity index is 1.66. The number of nitrogens with one attached hydrogen (secondary N) is 2. The van der Waals surface area contributed by atoms with Gasteiger partial charge in [-0.25, -0.2) is 18.0 Å². The Morgan fingerprint density at radius 3 is 2.40 bits per heavy atom. The van der Waals surface area contributed by atoms with Gasteiger partial charge in [-0.3, -0.25) is 9.59 Å². The molecule has 1 aromatic carbocycles. The van der Waals surface area contributed by atoms with E-state index in [1.807, 2.05) is 14.0 Å². The minimum atomic E-state index is -3.00. The third-order valence-corrected chi connectivity index (χ3v) is 8.17. The number of pyridine rings is 1. The lowest BCUT2D eigenvalue weighted by Gasteiger charge is -2.32. The molecule has 9 nitrogen and oxygen atoms in total. The lowest BCUT2D eigenvalue weighted by atomic mass is 9.99. The Morgan fingerprint density at radius 1 is 1.12 bits per heavy atom. The maximum atomic E-state index is 14.9. The van der Waals surface area contributed by atoms with E-state index in [-0.39, 0.29) is 29.3 Å². The molecule has 0 saturated carbocycles. The molecule has 0 spiro atoms. The molecular weight excluding hydrogens is 563 g/mol. The van der Waals surface area contributed by atoms with Gasteiger partial charge in [0.25, 0.3) is 17.9 Å². The predicted octanol–water partition coefficient (Wildman–Crippen LogP) is 5.28. The zero-order chi connectivity index (χ0) is 31.7. The summed E-state index contributed by atoms with van der Waals surface area (Å²) in [5.74, 6) is -1.66. The van der Waals surface area contributed by atoms with Gasteiger partial charge in [-0.2, -0.15) is 0 Å². The van der Waals surface area contributed by atoms with Crippen LogP contribution in [0.5, 0.6) is 0 Å². The molecular formula is C31H42F3N5O4. The van der Waals surface area contributed by atoms with E-state index in [0.717, 1.165) is 32.0 Å². The number of nitrogens with zero attached hydrogens (tertiary/aromatic N) is 3. The number of anilines is 1. The summed E-state index contributed by atoms with van der Waals surface area (Å²) in [6.45, 7) is 11.0. The number of alkyl halides is 2. The van der Waals surface area contributed by atoms with Crippen molar-refractivity contribution in [1.82, 2.24) is 19.7 Å². The second-order valence-corrected chi connectivity index (χ2v) is 12.9. The summed E-state index contributed by atoms with van der Waals surface area (Å²) in [5.41, 5.74) is -2.14. The molecule has 3 heterocycles. The van der Waals surface area contributed by atoms with Gasteiger partial charge in [0.15, 0.2) is 0 Å². The first kappa shape index (κ1) is 32.4. The van der Waals surface area contributed by atoms with Gasteiger partial charge in [-0.05, 0) is 74.0 Å². The van der Waals surface area contributed by atoms with E-state index in [2.05, 4.69) is 15.5 Å². The zero-order valence-corrected chi connectivity index (χ0v) is 25.7. The van der Waals surface area contributed by atoms with Gasteiger partial charge < -0.3 is 29.7 Å². The first-order valence-electron chi connectivity index (χ1n) is 14.7. The van der Waals surface area contributed by atoms with Crippen molar-refractivity contribution in [3.05, 3.63) is 63.3 Å². The monoisotopic (exact) mass is 605 g/mol. The first-order chi connectivity index (χ1) is 20.1. The largest absolute Gasteiger partial charge is 0.444 e. The second-order valence-electron chi connectivity index (χ2n) is 12.9. The Kier molecular flexibility index (Phi) is 9.48. The molecule has 12 heteroatoms. The highest BCUT2D eigenvalue weighted by molar-refractivity contribution is 5.99. The molecule has 0 aliphatic carbocycles. The topological polar surface area (TPSA) is 95.9 Å². The number of carbonyl (C=O) groups excluding carboxylic acids is 2. The number of amides is 2. The highest BCUT2D eigenvalue weighted by atomic mass is 19.3. The fourth-order valence-corrected chi connectivity index (χ4v) is 5.68. The fourth-order valence-electron chi connectivity index (χ4n) is 5.68. The molecule has 2 aliphatic rings. The molecule has 43 heavy (non-hydrogen) atoms. The summed E-state index contributed by atoms with van der Waals surface area (Å²) in [6, 6.07) is 4.17. The maximum Gasteiger partial charge on any atom is 0.410 e. The Bertz CT molecular complexity index is 1400. The van der Waals surface area contributed by atoms with Crippen LogP contribution < -0.4 is 16.2 Å². The summed E-state index contributed by atoms with van der Waals surface area (Å²) in [5, 5.41) is 6.10. The number of ether oxygens (including phenoxy) is 1. The average Bonchev–Trinajstić information content (AvgIpc) is 3.32. The van der Waals surface area contributed by atoms with Crippen molar-refractivity contribution in [3.63, 3.8) is 0 Å². The summed E-state index contributed by atoms with van der Waals surface area (Å²) in [4.78, 5) is 43.8. The Hall–Kier alpha value is -3.54. The van der Waals surface area contributed by atoms with E-state index in [0.29, 0.717) is 18.7 Å². The first-order valence-corrected chi connectivity index (χ1v) is 14.7. The van der Waals surface area contributed by atoms with Gasteiger partial charge in [0.1, 0.15) is 11.4 Å². The van der Waals surface area contributed by atoms with Crippen molar-refractivity contribution in [1.29, 1.82) is 0 Å². The normalized spacial score (nSPS) is 20.7. The van der Waals surface area contributed by atoms with Crippen LogP contribution in [0.25, 0.3) is 0 Å². The van der Waals surface area contributed by atoms with Crippen LogP contribution in [0.2, 0.25) is 0 Å². The SMILES string of the molecule is C[C@@H](NC(=O)c1cn(C2(C)CCN(C(=O)OC(C)(C)C)C2)c(=O)cc1NC1CCN(C)CC1)c1cccc(C(F)F)c1F. The highest BCUT2D eigenvalue weighted by Gasteiger charge is 2.40. The molecule has 2 aromatic rings. The van der Waals surface area contributed by atoms with Crippen LogP contribution >= 0.6 is 0 Å². The highest BCUT2D eigenvalue weighted by Crippen LogP contribution is 2.31. The van der Waals surface area contributed by atoms with Crippen molar-refractivity contribution in [3.8, 4) is 0 Å². The smallest absolute Gasteiger partial charge is 0.410 e. The van der Waals surface area contributed by atoms with Crippen LogP contribution in [0.15, 0.2) is 35.3 Å². The van der Waals surface area contributed by atoms with E-state index in [4.69, 9.17) is 4.74 Å². The van der Waals surface area contributed by atoms with E-state index in [1.165, 1.54) is 35.9 Å². The van der Waals surface area contributed by atoms with E-state index in [1.54, 1.807) is 25.7 Å². The third kappa shape index (κ3) is 7.52. The molecule has 2 amide bonds.